The molecule has 0 unspecified atom stereocenters. The summed E-state index contributed by atoms with van der Waals surface area (Å²) >= 11 is 2.76. The van der Waals surface area contributed by atoms with Crippen LogP contribution in [0.1, 0.15) is 0 Å². The molecule has 1 amide bonds. The van der Waals surface area contributed by atoms with Crippen LogP contribution in [0, 0.1) is 0 Å². The number of methoxy groups -OCH3 is 1. The predicted molar refractivity (Wildman–Crippen MR) is 119 cm³/mol. The minimum atomic E-state index is -0.0808. The lowest BCUT2D eigenvalue weighted by Gasteiger charge is -2.06. The summed E-state index contributed by atoms with van der Waals surface area (Å²) in [7, 11) is 1.63. The SMILES string of the molecule is COc1cccc(Nc2nnc(SCC(=O)Nc3ccc4ccccc4c3)s2)c1. The van der Waals surface area contributed by atoms with E-state index in [0.717, 1.165) is 32.2 Å². The summed E-state index contributed by atoms with van der Waals surface area (Å²) < 4.78 is 5.94. The number of nitrogens with zero attached hydrogens (tertiary/aromatic N) is 2. The highest BCUT2D eigenvalue weighted by Gasteiger charge is 2.09. The molecule has 0 spiro atoms. The Labute approximate surface area is 176 Å². The van der Waals surface area contributed by atoms with Gasteiger partial charge in [-0.3, -0.25) is 4.79 Å². The summed E-state index contributed by atoms with van der Waals surface area (Å²) in [5, 5.41) is 17.3. The lowest BCUT2D eigenvalue weighted by Crippen LogP contribution is -2.13. The van der Waals surface area contributed by atoms with Crippen LogP contribution in [0.4, 0.5) is 16.5 Å². The number of hydrogen-bond acceptors (Lipinski definition) is 7. The van der Waals surface area contributed by atoms with E-state index in [4.69, 9.17) is 4.74 Å². The van der Waals surface area contributed by atoms with E-state index in [1.54, 1.807) is 7.11 Å². The van der Waals surface area contributed by atoms with E-state index in [-0.39, 0.29) is 11.7 Å². The molecular formula is C21H18N4O2S2. The third-order valence-corrected chi connectivity index (χ3v) is 6.06. The van der Waals surface area contributed by atoms with Gasteiger partial charge in [-0.2, -0.15) is 0 Å². The number of rotatable bonds is 7. The van der Waals surface area contributed by atoms with Crippen molar-refractivity contribution in [3.05, 3.63) is 66.7 Å². The van der Waals surface area contributed by atoms with Crippen LogP contribution in [0.3, 0.4) is 0 Å². The Hall–Kier alpha value is -3.10. The van der Waals surface area contributed by atoms with Crippen LogP contribution in [-0.4, -0.2) is 29.0 Å². The molecule has 6 nitrogen and oxygen atoms in total. The molecule has 0 aliphatic carbocycles. The molecule has 29 heavy (non-hydrogen) atoms. The lowest BCUT2D eigenvalue weighted by molar-refractivity contribution is -0.113. The van der Waals surface area contributed by atoms with Crippen LogP contribution in [0.15, 0.2) is 71.1 Å². The summed E-state index contributed by atoms with van der Waals surface area (Å²) in [6.45, 7) is 0. The quantitative estimate of drug-likeness (QED) is 0.400. The van der Waals surface area contributed by atoms with Gasteiger partial charge in [0.05, 0.1) is 12.9 Å². The number of fused-ring (bicyclic) bond motifs is 1. The lowest BCUT2D eigenvalue weighted by atomic mass is 10.1. The molecule has 0 fully saturated rings. The zero-order valence-corrected chi connectivity index (χ0v) is 17.2. The van der Waals surface area contributed by atoms with Crippen LogP contribution in [-0.2, 0) is 4.79 Å². The molecule has 4 rings (SSSR count). The molecular weight excluding hydrogens is 404 g/mol. The highest BCUT2D eigenvalue weighted by Crippen LogP contribution is 2.29. The fourth-order valence-electron chi connectivity index (χ4n) is 2.73. The standard InChI is InChI=1S/C21H18N4O2S2/c1-27-18-8-4-7-16(12-18)23-20-24-25-21(29-20)28-13-19(26)22-17-10-9-14-5-2-3-6-15(14)11-17/h2-12H,13H2,1H3,(H,22,26)(H,23,24). The average molecular weight is 423 g/mol. The van der Waals surface area contributed by atoms with Crippen molar-refractivity contribution in [1.82, 2.24) is 10.2 Å². The molecule has 0 saturated heterocycles. The van der Waals surface area contributed by atoms with E-state index in [1.807, 2.05) is 66.7 Å². The first kappa shape index (κ1) is 19.2. The van der Waals surface area contributed by atoms with Crippen LogP contribution in [0.5, 0.6) is 5.75 Å². The summed E-state index contributed by atoms with van der Waals surface area (Å²) in [6, 6.07) is 21.5. The summed E-state index contributed by atoms with van der Waals surface area (Å²) in [4.78, 5) is 12.3. The maximum absolute atomic E-state index is 12.3. The number of aromatic nitrogens is 2. The van der Waals surface area contributed by atoms with Gasteiger partial charge in [0.2, 0.25) is 11.0 Å². The Bertz CT molecular complexity index is 1150. The molecule has 1 aromatic heterocycles. The van der Waals surface area contributed by atoms with Gasteiger partial charge in [-0.15, -0.1) is 10.2 Å². The molecule has 0 bridgehead atoms. The van der Waals surface area contributed by atoms with Crippen molar-refractivity contribution in [2.24, 2.45) is 0 Å². The maximum atomic E-state index is 12.3. The fraction of sp³-hybridized carbons (Fsp3) is 0.0952. The first-order valence-corrected chi connectivity index (χ1v) is 10.7. The van der Waals surface area contributed by atoms with Crippen LogP contribution in [0.25, 0.3) is 10.8 Å². The van der Waals surface area contributed by atoms with E-state index in [0.29, 0.717) is 5.13 Å². The van der Waals surface area contributed by atoms with Crippen LogP contribution in [0.2, 0.25) is 0 Å². The van der Waals surface area contributed by atoms with E-state index in [2.05, 4.69) is 20.8 Å². The van der Waals surface area contributed by atoms with Crippen molar-refractivity contribution in [1.29, 1.82) is 0 Å². The molecule has 146 valence electrons. The van der Waals surface area contributed by atoms with Crippen molar-refractivity contribution in [2.45, 2.75) is 4.34 Å². The topological polar surface area (TPSA) is 76.1 Å². The number of anilines is 3. The Balaban J connectivity index is 1.32. The number of ether oxygens (including phenoxy) is 1. The van der Waals surface area contributed by atoms with Gasteiger partial charge in [0.25, 0.3) is 0 Å². The Morgan fingerprint density at radius 3 is 2.72 bits per heavy atom. The molecule has 0 saturated carbocycles. The third-order valence-electron chi connectivity index (χ3n) is 4.09. The largest absolute Gasteiger partial charge is 0.497 e. The van der Waals surface area contributed by atoms with E-state index < -0.39 is 0 Å². The van der Waals surface area contributed by atoms with Gasteiger partial charge < -0.3 is 15.4 Å². The number of carbonyl (C=O) groups is 1. The molecule has 0 radical (unpaired) electrons. The molecule has 0 aliphatic heterocycles. The second-order valence-electron chi connectivity index (χ2n) is 6.13. The number of carbonyl (C=O) groups excluding carboxylic acids is 1. The Morgan fingerprint density at radius 1 is 1.00 bits per heavy atom. The molecule has 1 heterocycles. The Kier molecular flexibility index (Phi) is 5.92. The number of thioether (sulfide) groups is 1. The second-order valence-corrected chi connectivity index (χ2v) is 8.33. The summed E-state index contributed by atoms with van der Waals surface area (Å²) in [5.74, 6) is 0.947. The summed E-state index contributed by atoms with van der Waals surface area (Å²) in [5.41, 5.74) is 1.65. The minimum absolute atomic E-state index is 0.0808. The second kappa shape index (κ2) is 8.93. The van der Waals surface area contributed by atoms with Crippen LogP contribution >= 0.6 is 23.1 Å². The molecule has 3 aromatic carbocycles. The number of benzene rings is 3. The van der Waals surface area contributed by atoms with Crippen molar-refractivity contribution in [3.63, 3.8) is 0 Å². The van der Waals surface area contributed by atoms with E-state index >= 15 is 0 Å². The molecule has 2 N–H and O–H groups in total. The molecule has 0 atom stereocenters. The normalized spacial score (nSPS) is 10.7. The highest BCUT2D eigenvalue weighted by molar-refractivity contribution is 8.01. The van der Waals surface area contributed by atoms with Crippen LogP contribution < -0.4 is 15.4 Å². The van der Waals surface area contributed by atoms with Gasteiger partial charge in [0, 0.05) is 17.4 Å². The molecule has 8 heteroatoms. The minimum Gasteiger partial charge on any atom is -0.497 e. The summed E-state index contributed by atoms with van der Waals surface area (Å²) in [6.07, 6.45) is 0. The first-order valence-electron chi connectivity index (χ1n) is 8.86. The molecule has 0 aliphatic rings. The average Bonchev–Trinajstić information content (AvgIpc) is 3.19. The predicted octanol–water partition coefficient (Wildman–Crippen LogP) is 5.17. The number of nitrogens with one attached hydrogen (secondary N) is 2. The van der Waals surface area contributed by atoms with Gasteiger partial charge in [-0.05, 0) is 35.0 Å². The van der Waals surface area contributed by atoms with E-state index in [9.17, 15) is 4.79 Å². The maximum Gasteiger partial charge on any atom is 0.234 e. The zero-order valence-electron chi connectivity index (χ0n) is 15.6. The Morgan fingerprint density at radius 2 is 1.86 bits per heavy atom. The highest BCUT2D eigenvalue weighted by atomic mass is 32.2. The monoisotopic (exact) mass is 422 g/mol. The van der Waals surface area contributed by atoms with E-state index in [1.165, 1.54) is 23.1 Å². The van der Waals surface area contributed by atoms with Gasteiger partial charge in [0.15, 0.2) is 4.34 Å². The number of amides is 1. The van der Waals surface area contributed by atoms with Crippen molar-refractivity contribution < 1.29 is 9.53 Å². The fourth-order valence-corrected chi connectivity index (χ4v) is 4.31. The van der Waals surface area contributed by atoms with Gasteiger partial charge in [-0.1, -0.05) is 59.5 Å². The zero-order chi connectivity index (χ0) is 20.1. The van der Waals surface area contributed by atoms with Gasteiger partial charge in [-0.25, -0.2) is 0 Å². The van der Waals surface area contributed by atoms with Crippen molar-refractivity contribution in [2.75, 3.05) is 23.5 Å². The van der Waals surface area contributed by atoms with Crippen molar-refractivity contribution in [3.8, 4) is 5.75 Å². The van der Waals surface area contributed by atoms with Gasteiger partial charge >= 0.3 is 0 Å². The van der Waals surface area contributed by atoms with Crippen molar-refractivity contribution >= 4 is 56.3 Å². The number of hydrogen-bond donors (Lipinski definition) is 2. The molecule has 4 aromatic rings. The first-order chi connectivity index (χ1) is 14.2. The third kappa shape index (κ3) is 5.04. The van der Waals surface area contributed by atoms with Gasteiger partial charge in [0.1, 0.15) is 5.75 Å². The smallest absolute Gasteiger partial charge is 0.234 e.